The molecule has 0 atom stereocenters. The summed E-state index contributed by atoms with van der Waals surface area (Å²) < 4.78 is 0. The first-order valence-corrected chi connectivity index (χ1v) is 12.1. The second-order valence-corrected chi connectivity index (χ2v) is 8.15. The van der Waals surface area contributed by atoms with E-state index in [4.69, 9.17) is 5.73 Å². The van der Waals surface area contributed by atoms with Crippen LogP contribution in [0.5, 0.6) is 0 Å². The monoisotopic (exact) mass is 427 g/mol. The van der Waals surface area contributed by atoms with Gasteiger partial charge in [-0.3, -0.25) is 0 Å². The lowest BCUT2D eigenvalue weighted by molar-refractivity contribution is 0.663. The summed E-state index contributed by atoms with van der Waals surface area (Å²) in [5, 5.41) is 3.51. The Morgan fingerprint density at radius 1 is 0.774 bits per heavy atom. The number of aromatic nitrogens is 4. The summed E-state index contributed by atoms with van der Waals surface area (Å²) >= 11 is 0. The second kappa shape index (κ2) is 13.8. The first-order valence-electron chi connectivity index (χ1n) is 12.1. The minimum Gasteiger partial charge on any atom is -0.368 e. The molecule has 2 aromatic heterocycles. The average Bonchev–Trinajstić information content (AvgIpc) is 2.78. The summed E-state index contributed by atoms with van der Waals surface area (Å²) in [7, 11) is 0. The molecule has 0 radical (unpaired) electrons. The third kappa shape index (κ3) is 7.96. The topological polar surface area (TPSA) is 92.8 Å². The molecule has 31 heavy (non-hydrogen) atoms. The molecule has 0 bridgehead atoms. The van der Waals surface area contributed by atoms with E-state index in [1.807, 2.05) is 12.4 Å². The van der Waals surface area contributed by atoms with Gasteiger partial charge in [0.05, 0.1) is 35.2 Å². The Morgan fingerprint density at radius 2 is 1.26 bits per heavy atom. The van der Waals surface area contributed by atoms with Gasteiger partial charge in [-0.2, -0.15) is 0 Å². The molecule has 0 fully saturated rings. The summed E-state index contributed by atoms with van der Waals surface area (Å²) in [4.78, 5) is 20.7. The van der Waals surface area contributed by atoms with Gasteiger partial charge in [0.2, 0.25) is 11.9 Å². The molecule has 2 heterocycles. The first-order chi connectivity index (χ1) is 15.1. The fourth-order valence-electron chi connectivity index (χ4n) is 3.48. The van der Waals surface area contributed by atoms with E-state index in [1.54, 1.807) is 0 Å². The summed E-state index contributed by atoms with van der Waals surface area (Å²) in [5.74, 6) is 1.16. The zero-order valence-electron chi connectivity index (χ0n) is 20.0. The number of unbranched alkanes of at least 4 members (excludes halogenated alkanes) is 4. The highest BCUT2D eigenvalue weighted by Crippen LogP contribution is 2.26. The smallest absolute Gasteiger partial charge is 0.225 e. The predicted molar refractivity (Wildman–Crippen MR) is 131 cm³/mol. The van der Waals surface area contributed by atoms with Crippen molar-refractivity contribution in [2.24, 2.45) is 0 Å². The van der Waals surface area contributed by atoms with Gasteiger partial charge in [-0.15, -0.1) is 0 Å². The lowest BCUT2D eigenvalue weighted by Crippen LogP contribution is -2.27. The Bertz CT molecular complexity index is 724. The summed E-state index contributed by atoms with van der Waals surface area (Å²) in [5.41, 5.74) is 9.82. The Labute approximate surface area is 188 Å². The van der Waals surface area contributed by atoms with E-state index < -0.39 is 0 Å². The highest BCUT2D eigenvalue weighted by atomic mass is 15.2. The van der Waals surface area contributed by atoms with E-state index in [-0.39, 0.29) is 0 Å². The van der Waals surface area contributed by atoms with Crippen LogP contribution < -0.4 is 16.0 Å². The average molecular weight is 428 g/mol. The Hall–Kier alpha value is -2.44. The molecule has 7 heteroatoms. The normalized spacial score (nSPS) is 11.0. The molecule has 0 aromatic carbocycles. The SMILES string of the molecule is CCCCc1nc(N)nc(CCCC)c1Nc1cnc(N(CCCC)CCCC)nc1. The maximum Gasteiger partial charge on any atom is 0.225 e. The van der Waals surface area contributed by atoms with Crippen molar-refractivity contribution < 1.29 is 0 Å². The van der Waals surface area contributed by atoms with Crippen LogP contribution in [0.4, 0.5) is 23.3 Å². The first kappa shape index (κ1) is 24.8. The lowest BCUT2D eigenvalue weighted by atomic mass is 10.1. The minimum atomic E-state index is 0.358. The van der Waals surface area contributed by atoms with Crippen molar-refractivity contribution in [1.29, 1.82) is 0 Å². The predicted octanol–water partition coefficient (Wildman–Crippen LogP) is 5.68. The van der Waals surface area contributed by atoms with E-state index in [1.165, 1.54) is 12.8 Å². The van der Waals surface area contributed by atoms with Gasteiger partial charge < -0.3 is 16.0 Å². The van der Waals surface area contributed by atoms with Crippen LogP contribution in [-0.2, 0) is 12.8 Å². The van der Waals surface area contributed by atoms with Crippen molar-refractivity contribution in [2.75, 3.05) is 29.0 Å². The number of nitrogens with one attached hydrogen (secondary N) is 1. The number of hydrogen-bond donors (Lipinski definition) is 2. The van der Waals surface area contributed by atoms with Gasteiger partial charge in [-0.1, -0.05) is 53.4 Å². The highest BCUT2D eigenvalue weighted by Gasteiger charge is 2.15. The highest BCUT2D eigenvalue weighted by molar-refractivity contribution is 5.64. The van der Waals surface area contributed by atoms with Gasteiger partial charge in [-0.25, -0.2) is 19.9 Å². The van der Waals surface area contributed by atoms with Crippen molar-refractivity contribution in [3.05, 3.63) is 23.8 Å². The van der Waals surface area contributed by atoms with Crippen molar-refractivity contribution in [3.8, 4) is 0 Å². The molecule has 7 nitrogen and oxygen atoms in total. The Kier molecular flexibility index (Phi) is 11.0. The molecule has 3 N–H and O–H groups in total. The van der Waals surface area contributed by atoms with Crippen molar-refractivity contribution in [1.82, 2.24) is 19.9 Å². The zero-order valence-corrected chi connectivity index (χ0v) is 20.0. The van der Waals surface area contributed by atoms with Crippen LogP contribution in [0.15, 0.2) is 12.4 Å². The number of anilines is 4. The lowest BCUT2D eigenvalue weighted by Gasteiger charge is -2.22. The molecule has 2 rings (SSSR count). The van der Waals surface area contributed by atoms with Crippen LogP contribution in [0.2, 0.25) is 0 Å². The number of nitrogens with two attached hydrogens (primary N) is 1. The van der Waals surface area contributed by atoms with E-state index in [0.29, 0.717) is 5.95 Å². The number of rotatable bonds is 15. The van der Waals surface area contributed by atoms with Crippen LogP contribution in [0.25, 0.3) is 0 Å². The van der Waals surface area contributed by atoms with Gasteiger partial charge in [0.1, 0.15) is 0 Å². The third-order valence-corrected chi connectivity index (χ3v) is 5.36. The fourth-order valence-corrected chi connectivity index (χ4v) is 3.48. The van der Waals surface area contributed by atoms with Gasteiger partial charge in [0.15, 0.2) is 0 Å². The van der Waals surface area contributed by atoms with Crippen LogP contribution in [0.3, 0.4) is 0 Å². The van der Waals surface area contributed by atoms with Crippen LogP contribution in [-0.4, -0.2) is 33.0 Å². The number of nitrogen functional groups attached to an aromatic ring is 1. The van der Waals surface area contributed by atoms with Crippen LogP contribution in [0, 0.1) is 0 Å². The van der Waals surface area contributed by atoms with E-state index >= 15 is 0 Å². The summed E-state index contributed by atoms with van der Waals surface area (Å²) in [6.45, 7) is 10.8. The second-order valence-electron chi connectivity index (χ2n) is 8.15. The van der Waals surface area contributed by atoms with E-state index in [0.717, 1.165) is 93.2 Å². The number of nitrogens with zero attached hydrogens (tertiary/aromatic N) is 5. The standard InChI is InChI=1S/C24H41N7/c1-5-9-13-20-22(21(14-10-6-2)30-23(25)29-20)28-19-17-26-24(27-18-19)31(15-11-7-3)16-12-8-4/h17-18,28H,5-16H2,1-4H3,(H2,25,29,30). The maximum absolute atomic E-state index is 6.02. The molecule has 0 aliphatic carbocycles. The minimum absolute atomic E-state index is 0.358. The molecule has 0 unspecified atom stereocenters. The van der Waals surface area contributed by atoms with Crippen LogP contribution >= 0.6 is 0 Å². The van der Waals surface area contributed by atoms with Crippen molar-refractivity contribution in [3.63, 3.8) is 0 Å². The van der Waals surface area contributed by atoms with Gasteiger partial charge >= 0.3 is 0 Å². The molecule has 0 saturated heterocycles. The van der Waals surface area contributed by atoms with E-state index in [2.05, 4.69) is 57.8 Å². The maximum atomic E-state index is 6.02. The van der Waals surface area contributed by atoms with Crippen molar-refractivity contribution in [2.45, 2.75) is 91.9 Å². The molecular weight excluding hydrogens is 386 g/mol. The molecule has 0 saturated carbocycles. The summed E-state index contributed by atoms with van der Waals surface area (Å²) in [6, 6.07) is 0. The number of aryl methyl sites for hydroxylation is 2. The Morgan fingerprint density at radius 3 is 1.71 bits per heavy atom. The Balaban J connectivity index is 2.25. The summed E-state index contributed by atoms with van der Waals surface area (Å²) in [6.07, 6.45) is 14.5. The van der Waals surface area contributed by atoms with Crippen LogP contribution in [0.1, 0.15) is 90.4 Å². The molecule has 0 spiro atoms. The fraction of sp³-hybridized carbons (Fsp3) is 0.667. The van der Waals surface area contributed by atoms with Gasteiger partial charge in [-0.05, 0) is 38.5 Å². The van der Waals surface area contributed by atoms with Gasteiger partial charge in [0.25, 0.3) is 0 Å². The molecule has 0 amide bonds. The van der Waals surface area contributed by atoms with E-state index in [9.17, 15) is 0 Å². The zero-order chi connectivity index (χ0) is 22.5. The molecular formula is C24H41N7. The molecule has 2 aromatic rings. The third-order valence-electron chi connectivity index (χ3n) is 5.36. The molecule has 172 valence electrons. The number of hydrogen-bond acceptors (Lipinski definition) is 7. The van der Waals surface area contributed by atoms with Gasteiger partial charge in [0, 0.05) is 13.1 Å². The molecule has 0 aliphatic rings. The van der Waals surface area contributed by atoms with Crippen molar-refractivity contribution >= 4 is 23.3 Å². The largest absolute Gasteiger partial charge is 0.368 e. The quantitative estimate of drug-likeness (QED) is 0.377. The molecule has 0 aliphatic heterocycles.